The van der Waals surface area contributed by atoms with Gasteiger partial charge in [-0.15, -0.1) is 0 Å². The summed E-state index contributed by atoms with van der Waals surface area (Å²) < 4.78 is 32.8. The second-order valence-corrected chi connectivity index (χ2v) is 8.01. The number of halogens is 1. The van der Waals surface area contributed by atoms with Gasteiger partial charge in [0, 0.05) is 17.6 Å². The third kappa shape index (κ3) is 5.55. The van der Waals surface area contributed by atoms with E-state index in [-0.39, 0.29) is 17.2 Å². The lowest BCUT2D eigenvalue weighted by Gasteiger charge is -2.27. The van der Waals surface area contributed by atoms with Crippen LogP contribution in [0.4, 0.5) is 0 Å². The van der Waals surface area contributed by atoms with Crippen LogP contribution in [0.2, 0.25) is 0 Å². The average Bonchev–Trinajstić information content (AvgIpc) is 2.35. The third-order valence-electron chi connectivity index (χ3n) is 2.72. The molecule has 0 aromatic heterocycles. The number of benzene rings is 1. The SMILES string of the molecule is COc1ccc(Br)cc1S(=O)(=O)NCC(C)(O)CN(C)C. The highest BCUT2D eigenvalue weighted by Gasteiger charge is 2.26. The van der Waals surface area contributed by atoms with Gasteiger partial charge in [0.05, 0.1) is 12.7 Å². The topological polar surface area (TPSA) is 78.9 Å². The van der Waals surface area contributed by atoms with Crippen molar-refractivity contribution in [1.82, 2.24) is 9.62 Å². The maximum Gasteiger partial charge on any atom is 0.244 e. The number of hydrogen-bond donors (Lipinski definition) is 2. The summed E-state index contributed by atoms with van der Waals surface area (Å²) >= 11 is 3.24. The van der Waals surface area contributed by atoms with Crippen LogP contribution < -0.4 is 9.46 Å². The molecule has 0 radical (unpaired) electrons. The largest absolute Gasteiger partial charge is 0.495 e. The van der Waals surface area contributed by atoms with Crippen molar-refractivity contribution in [2.45, 2.75) is 17.4 Å². The number of nitrogens with one attached hydrogen (secondary N) is 1. The smallest absolute Gasteiger partial charge is 0.244 e. The number of rotatable bonds is 7. The summed E-state index contributed by atoms with van der Waals surface area (Å²) in [5, 5.41) is 10.2. The lowest BCUT2D eigenvalue weighted by Crippen LogP contribution is -2.47. The predicted octanol–water partition coefficient (Wildman–Crippen LogP) is 1.05. The third-order valence-corrected chi connectivity index (χ3v) is 4.63. The Kier molecular flexibility index (Phi) is 6.18. The molecule has 0 spiro atoms. The van der Waals surface area contributed by atoms with Gasteiger partial charge >= 0.3 is 0 Å². The fraction of sp³-hybridized carbons (Fsp3) is 0.538. The zero-order valence-electron chi connectivity index (χ0n) is 12.6. The minimum absolute atomic E-state index is 0.0278. The lowest BCUT2D eigenvalue weighted by molar-refractivity contribution is 0.0386. The van der Waals surface area contributed by atoms with E-state index in [2.05, 4.69) is 20.7 Å². The number of likely N-dealkylation sites (N-methyl/N-ethyl adjacent to an activating group) is 1. The van der Waals surface area contributed by atoms with Gasteiger partial charge in [-0.3, -0.25) is 0 Å². The van der Waals surface area contributed by atoms with Crippen LogP contribution in [0.15, 0.2) is 27.6 Å². The van der Waals surface area contributed by atoms with E-state index in [0.29, 0.717) is 11.0 Å². The first-order valence-corrected chi connectivity index (χ1v) is 8.55. The van der Waals surface area contributed by atoms with E-state index in [1.807, 2.05) is 0 Å². The minimum Gasteiger partial charge on any atom is -0.495 e. The van der Waals surface area contributed by atoms with Crippen LogP contribution in [-0.4, -0.2) is 58.3 Å². The first-order chi connectivity index (χ1) is 9.57. The quantitative estimate of drug-likeness (QED) is 0.738. The van der Waals surface area contributed by atoms with Crippen LogP contribution in [0, 0.1) is 0 Å². The zero-order chi connectivity index (χ0) is 16.3. The molecule has 120 valence electrons. The van der Waals surface area contributed by atoms with Gasteiger partial charge in [-0.25, -0.2) is 13.1 Å². The molecule has 21 heavy (non-hydrogen) atoms. The molecule has 1 unspecified atom stereocenters. The van der Waals surface area contributed by atoms with E-state index in [4.69, 9.17) is 4.74 Å². The molecule has 6 nitrogen and oxygen atoms in total. The second kappa shape index (κ2) is 7.06. The van der Waals surface area contributed by atoms with E-state index in [1.165, 1.54) is 13.2 Å². The number of nitrogens with zero attached hydrogens (tertiary/aromatic N) is 1. The molecular formula is C13H21BrN2O4S. The van der Waals surface area contributed by atoms with Gasteiger partial charge in [-0.2, -0.15) is 0 Å². The molecule has 0 fully saturated rings. The van der Waals surface area contributed by atoms with Crippen molar-refractivity contribution in [3.05, 3.63) is 22.7 Å². The highest BCUT2D eigenvalue weighted by Crippen LogP contribution is 2.27. The normalized spacial score (nSPS) is 15.0. The lowest BCUT2D eigenvalue weighted by atomic mass is 10.1. The Labute approximate surface area is 134 Å². The highest BCUT2D eigenvalue weighted by molar-refractivity contribution is 9.10. The number of ether oxygens (including phenoxy) is 1. The molecule has 0 aliphatic carbocycles. The summed E-state index contributed by atoms with van der Waals surface area (Å²) in [5.74, 6) is 0.248. The Balaban J connectivity index is 2.95. The Morgan fingerprint density at radius 2 is 2.05 bits per heavy atom. The van der Waals surface area contributed by atoms with Crippen molar-refractivity contribution < 1.29 is 18.3 Å². The van der Waals surface area contributed by atoms with Crippen molar-refractivity contribution >= 4 is 26.0 Å². The van der Waals surface area contributed by atoms with E-state index >= 15 is 0 Å². The van der Waals surface area contributed by atoms with Gasteiger partial charge in [0.15, 0.2) is 0 Å². The fourth-order valence-electron chi connectivity index (χ4n) is 1.93. The number of aliphatic hydroxyl groups is 1. The molecule has 1 aromatic carbocycles. The summed E-state index contributed by atoms with van der Waals surface area (Å²) in [4.78, 5) is 1.81. The standard InChI is InChI=1S/C13H21BrN2O4S/c1-13(17,9-16(2)3)8-15-21(18,19)12-7-10(14)5-6-11(12)20-4/h5-7,15,17H,8-9H2,1-4H3. The van der Waals surface area contributed by atoms with Gasteiger partial charge in [0.1, 0.15) is 10.6 Å². The van der Waals surface area contributed by atoms with Crippen LogP contribution in [0.5, 0.6) is 5.75 Å². The van der Waals surface area contributed by atoms with Crippen molar-refractivity contribution in [2.75, 3.05) is 34.3 Å². The van der Waals surface area contributed by atoms with E-state index in [1.54, 1.807) is 38.1 Å². The molecule has 2 N–H and O–H groups in total. The minimum atomic E-state index is -3.78. The maximum absolute atomic E-state index is 12.4. The van der Waals surface area contributed by atoms with Crippen LogP contribution in [0.25, 0.3) is 0 Å². The zero-order valence-corrected chi connectivity index (χ0v) is 15.0. The van der Waals surface area contributed by atoms with E-state index in [0.717, 1.165) is 0 Å². The maximum atomic E-state index is 12.4. The van der Waals surface area contributed by atoms with Crippen LogP contribution >= 0.6 is 15.9 Å². The van der Waals surface area contributed by atoms with Gasteiger partial charge in [0.25, 0.3) is 0 Å². The van der Waals surface area contributed by atoms with E-state index < -0.39 is 15.6 Å². The van der Waals surface area contributed by atoms with Gasteiger partial charge in [-0.1, -0.05) is 15.9 Å². The summed E-state index contributed by atoms with van der Waals surface area (Å²) in [6.45, 7) is 1.82. The molecular weight excluding hydrogens is 360 g/mol. The first kappa shape index (κ1) is 18.4. The van der Waals surface area contributed by atoms with Crippen LogP contribution in [-0.2, 0) is 10.0 Å². The molecule has 1 atom stereocenters. The highest BCUT2D eigenvalue weighted by atomic mass is 79.9. The van der Waals surface area contributed by atoms with Gasteiger partial charge in [-0.05, 0) is 39.2 Å². The fourth-order valence-corrected chi connectivity index (χ4v) is 3.79. The molecule has 0 saturated heterocycles. The molecule has 1 rings (SSSR count). The predicted molar refractivity (Wildman–Crippen MR) is 85.1 cm³/mol. The van der Waals surface area contributed by atoms with Crippen molar-refractivity contribution in [3.63, 3.8) is 0 Å². The molecule has 0 saturated carbocycles. The Morgan fingerprint density at radius 3 is 2.57 bits per heavy atom. The van der Waals surface area contributed by atoms with Crippen molar-refractivity contribution in [1.29, 1.82) is 0 Å². The van der Waals surface area contributed by atoms with Crippen molar-refractivity contribution in [3.8, 4) is 5.75 Å². The number of methoxy groups -OCH3 is 1. The Bertz CT molecular complexity index is 588. The Hall–Kier alpha value is -0.670. The van der Waals surface area contributed by atoms with E-state index in [9.17, 15) is 13.5 Å². The molecule has 0 bridgehead atoms. The molecule has 0 heterocycles. The Morgan fingerprint density at radius 1 is 1.43 bits per heavy atom. The van der Waals surface area contributed by atoms with Gasteiger partial charge in [0.2, 0.25) is 10.0 Å². The molecule has 0 aliphatic rings. The monoisotopic (exact) mass is 380 g/mol. The molecule has 8 heteroatoms. The average molecular weight is 381 g/mol. The summed E-state index contributed by atoms with van der Waals surface area (Å²) in [7, 11) is 1.24. The number of hydrogen-bond acceptors (Lipinski definition) is 5. The molecule has 0 aliphatic heterocycles. The van der Waals surface area contributed by atoms with Gasteiger partial charge < -0.3 is 14.7 Å². The second-order valence-electron chi connectivity index (χ2n) is 5.35. The summed E-state index contributed by atoms with van der Waals surface area (Å²) in [5.41, 5.74) is -1.17. The summed E-state index contributed by atoms with van der Waals surface area (Å²) in [6.07, 6.45) is 0. The molecule has 1 aromatic rings. The molecule has 0 amide bonds. The van der Waals surface area contributed by atoms with Crippen LogP contribution in [0.3, 0.4) is 0 Å². The first-order valence-electron chi connectivity index (χ1n) is 6.28. The summed E-state index contributed by atoms with van der Waals surface area (Å²) in [6, 6.07) is 4.72. The number of sulfonamides is 1. The van der Waals surface area contributed by atoms with Crippen molar-refractivity contribution in [2.24, 2.45) is 0 Å². The van der Waals surface area contributed by atoms with Crippen LogP contribution in [0.1, 0.15) is 6.92 Å².